The molecule has 1 aromatic heterocycles. The van der Waals surface area contributed by atoms with Crippen LogP contribution < -0.4 is 0 Å². The van der Waals surface area contributed by atoms with Crippen molar-refractivity contribution in [3.05, 3.63) is 29.9 Å². The third kappa shape index (κ3) is 2.03. The lowest BCUT2D eigenvalue weighted by atomic mass is 10.2. The van der Waals surface area contributed by atoms with Crippen LogP contribution in [-0.4, -0.2) is 33.2 Å². The number of nitrogens with one attached hydrogen (secondary N) is 1. The third-order valence-electron chi connectivity index (χ3n) is 2.54. The van der Waals surface area contributed by atoms with E-state index >= 15 is 0 Å². The molecule has 2 rings (SSSR count). The predicted octanol–water partition coefficient (Wildman–Crippen LogP) is 0.657. The second kappa shape index (κ2) is 4.30. The van der Waals surface area contributed by atoms with Crippen LogP contribution in [0.15, 0.2) is 24.0 Å². The summed E-state index contributed by atoms with van der Waals surface area (Å²) in [6.07, 6.45) is 6.30. The van der Waals surface area contributed by atoms with Gasteiger partial charge in [0.15, 0.2) is 0 Å². The molecule has 0 aliphatic carbocycles. The molecular weight excluding hydrogens is 206 g/mol. The van der Waals surface area contributed by atoms with Gasteiger partial charge in [-0.2, -0.15) is 0 Å². The number of hydrogen-bond acceptors (Lipinski definition) is 3. The summed E-state index contributed by atoms with van der Waals surface area (Å²) in [6.45, 7) is 2.11. The number of carbonyl (C=O) groups is 2. The van der Waals surface area contributed by atoms with Crippen molar-refractivity contribution >= 4 is 11.8 Å². The summed E-state index contributed by atoms with van der Waals surface area (Å²) in [5.74, 6) is 0.496. The summed E-state index contributed by atoms with van der Waals surface area (Å²) in [5, 5.41) is 0. The maximum Gasteiger partial charge on any atom is 0.256 e. The van der Waals surface area contributed by atoms with E-state index in [0.717, 1.165) is 18.7 Å². The average molecular weight is 219 g/mol. The molecule has 2 heterocycles. The minimum Gasteiger partial charge on any atom is -0.349 e. The van der Waals surface area contributed by atoms with E-state index in [9.17, 15) is 9.59 Å². The zero-order chi connectivity index (χ0) is 11.5. The minimum absolute atomic E-state index is 0.176. The lowest BCUT2D eigenvalue weighted by Gasteiger charge is -2.13. The Labute approximate surface area is 93.2 Å². The molecule has 0 saturated carbocycles. The highest BCUT2D eigenvalue weighted by molar-refractivity contribution is 6.15. The summed E-state index contributed by atoms with van der Waals surface area (Å²) >= 11 is 0. The van der Waals surface area contributed by atoms with Gasteiger partial charge in [0, 0.05) is 37.0 Å². The highest BCUT2D eigenvalue weighted by atomic mass is 16.2. The second-order valence-electron chi connectivity index (χ2n) is 3.76. The monoisotopic (exact) mass is 219 g/mol. The van der Waals surface area contributed by atoms with E-state index in [1.165, 1.54) is 11.0 Å². The fourth-order valence-electron chi connectivity index (χ4n) is 1.69. The fourth-order valence-corrected chi connectivity index (χ4v) is 1.69. The normalized spacial score (nSPS) is 15.8. The quantitative estimate of drug-likeness (QED) is 0.756. The van der Waals surface area contributed by atoms with Crippen LogP contribution >= 0.6 is 0 Å². The molecule has 16 heavy (non-hydrogen) atoms. The Bertz CT molecular complexity index is 434. The Morgan fingerprint density at radius 2 is 2.25 bits per heavy atom. The van der Waals surface area contributed by atoms with Gasteiger partial charge in [0.05, 0.1) is 0 Å². The molecule has 0 aromatic carbocycles. The lowest BCUT2D eigenvalue weighted by Crippen LogP contribution is -2.32. The van der Waals surface area contributed by atoms with Gasteiger partial charge in [-0.3, -0.25) is 14.5 Å². The highest BCUT2D eigenvalue weighted by Gasteiger charge is 2.27. The fraction of sp³-hybridized carbons (Fsp3) is 0.364. The number of H-pyrrole nitrogens is 1. The molecule has 2 amide bonds. The zero-order valence-corrected chi connectivity index (χ0v) is 9.06. The molecule has 0 radical (unpaired) electrons. The van der Waals surface area contributed by atoms with Crippen molar-refractivity contribution in [1.29, 1.82) is 0 Å². The maximum atomic E-state index is 11.5. The number of carbonyl (C=O) groups excluding carboxylic acids is 2. The molecule has 84 valence electrons. The number of rotatable bonds is 4. The minimum atomic E-state index is -0.207. The highest BCUT2D eigenvalue weighted by Crippen LogP contribution is 2.12. The van der Waals surface area contributed by atoms with Crippen LogP contribution in [0.5, 0.6) is 0 Å². The number of imide groups is 1. The number of hydrogen-bond donors (Lipinski definition) is 1. The molecule has 0 spiro atoms. The van der Waals surface area contributed by atoms with Gasteiger partial charge in [0.1, 0.15) is 5.82 Å². The Kier molecular flexibility index (Phi) is 2.85. The number of amides is 2. The smallest absolute Gasteiger partial charge is 0.256 e. The molecule has 0 unspecified atom stereocenters. The standard InChI is InChI=1S/C11H13N3O2/c1-8-7-10(15)14(11(8)16)6-2-3-9-12-4-5-13-9/h4-5,7H,2-3,6H2,1H3,(H,12,13). The van der Waals surface area contributed by atoms with Gasteiger partial charge in [0.2, 0.25) is 0 Å². The van der Waals surface area contributed by atoms with E-state index < -0.39 is 0 Å². The van der Waals surface area contributed by atoms with Crippen molar-refractivity contribution in [3.8, 4) is 0 Å². The molecule has 0 atom stereocenters. The largest absolute Gasteiger partial charge is 0.349 e. The Morgan fingerprint density at radius 3 is 2.81 bits per heavy atom. The van der Waals surface area contributed by atoms with Gasteiger partial charge in [-0.25, -0.2) is 4.98 Å². The first-order valence-electron chi connectivity index (χ1n) is 5.21. The van der Waals surface area contributed by atoms with E-state index in [-0.39, 0.29) is 11.8 Å². The SMILES string of the molecule is CC1=CC(=O)N(CCCc2ncc[nH]2)C1=O. The van der Waals surface area contributed by atoms with Crippen molar-refractivity contribution in [2.24, 2.45) is 0 Å². The predicted molar refractivity (Wildman–Crippen MR) is 57.4 cm³/mol. The topological polar surface area (TPSA) is 66.1 Å². The molecule has 5 nitrogen and oxygen atoms in total. The Balaban J connectivity index is 1.83. The summed E-state index contributed by atoms with van der Waals surface area (Å²) in [7, 11) is 0. The second-order valence-corrected chi connectivity index (χ2v) is 3.76. The third-order valence-corrected chi connectivity index (χ3v) is 2.54. The Morgan fingerprint density at radius 1 is 1.44 bits per heavy atom. The van der Waals surface area contributed by atoms with Crippen molar-refractivity contribution in [2.45, 2.75) is 19.8 Å². The van der Waals surface area contributed by atoms with E-state index in [1.807, 2.05) is 0 Å². The van der Waals surface area contributed by atoms with Crippen molar-refractivity contribution < 1.29 is 9.59 Å². The summed E-state index contributed by atoms with van der Waals surface area (Å²) in [5.41, 5.74) is 0.517. The summed E-state index contributed by atoms with van der Waals surface area (Å²) < 4.78 is 0. The zero-order valence-electron chi connectivity index (χ0n) is 9.06. The van der Waals surface area contributed by atoms with E-state index in [2.05, 4.69) is 9.97 Å². The van der Waals surface area contributed by atoms with Crippen LogP contribution in [0.1, 0.15) is 19.2 Å². The number of aryl methyl sites for hydroxylation is 1. The average Bonchev–Trinajstić information content (AvgIpc) is 2.82. The maximum absolute atomic E-state index is 11.5. The first-order valence-corrected chi connectivity index (χ1v) is 5.21. The first kappa shape index (κ1) is 10.6. The van der Waals surface area contributed by atoms with Crippen molar-refractivity contribution in [2.75, 3.05) is 6.54 Å². The van der Waals surface area contributed by atoms with Gasteiger partial charge in [-0.15, -0.1) is 0 Å². The number of imidazole rings is 1. The summed E-state index contributed by atoms with van der Waals surface area (Å²) in [6, 6.07) is 0. The molecule has 1 aliphatic heterocycles. The molecule has 0 bridgehead atoms. The molecular formula is C11H13N3O2. The van der Waals surface area contributed by atoms with E-state index in [1.54, 1.807) is 19.3 Å². The lowest BCUT2D eigenvalue weighted by molar-refractivity contribution is -0.137. The number of nitrogens with zero attached hydrogens (tertiary/aromatic N) is 2. The van der Waals surface area contributed by atoms with Gasteiger partial charge in [0.25, 0.3) is 11.8 Å². The van der Waals surface area contributed by atoms with Gasteiger partial charge in [-0.05, 0) is 13.3 Å². The number of aromatic nitrogens is 2. The molecule has 1 N–H and O–H groups in total. The van der Waals surface area contributed by atoms with Gasteiger partial charge in [-0.1, -0.05) is 0 Å². The van der Waals surface area contributed by atoms with E-state index in [4.69, 9.17) is 0 Å². The van der Waals surface area contributed by atoms with Gasteiger partial charge >= 0.3 is 0 Å². The van der Waals surface area contributed by atoms with Crippen molar-refractivity contribution in [1.82, 2.24) is 14.9 Å². The molecule has 0 saturated heterocycles. The molecule has 1 aromatic rings. The van der Waals surface area contributed by atoms with Crippen molar-refractivity contribution in [3.63, 3.8) is 0 Å². The molecule has 0 fully saturated rings. The molecule has 1 aliphatic rings. The summed E-state index contributed by atoms with van der Waals surface area (Å²) in [4.78, 5) is 31.2. The Hall–Kier alpha value is -1.91. The van der Waals surface area contributed by atoms with Gasteiger partial charge < -0.3 is 4.98 Å². The van der Waals surface area contributed by atoms with E-state index in [0.29, 0.717) is 12.1 Å². The van der Waals surface area contributed by atoms with Crippen LogP contribution in [0.25, 0.3) is 0 Å². The van der Waals surface area contributed by atoms with Crippen LogP contribution in [0, 0.1) is 0 Å². The number of aromatic amines is 1. The van der Waals surface area contributed by atoms with Crippen LogP contribution in [0.4, 0.5) is 0 Å². The molecule has 5 heteroatoms. The van der Waals surface area contributed by atoms with Crippen LogP contribution in [-0.2, 0) is 16.0 Å². The van der Waals surface area contributed by atoms with Crippen LogP contribution in [0.2, 0.25) is 0 Å². The first-order chi connectivity index (χ1) is 7.68. The van der Waals surface area contributed by atoms with Crippen LogP contribution in [0.3, 0.4) is 0 Å².